The van der Waals surface area contributed by atoms with E-state index >= 15 is 0 Å². The number of carboxylic acid groups (broad SMARTS) is 2. The number of thiol groups is 2. The quantitative estimate of drug-likeness (QED) is 0.00655. The van der Waals surface area contributed by atoms with Crippen molar-refractivity contribution in [3.05, 3.63) is 72.1 Å². The zero-order valence-corrected chi connectivity index (χ0v) is 73.8. The van der Waals surface area contributed by atoms with Crippen LogP contribution in [-0.2, 0) is 99.1 Å². The fourth-order valence-corrected chi connectivity index (χ4v) is 18.1. The Morgan fingerprint density at radius 3 is 1.12 bits per heavy atom. The first kappa shape index (κ1) is 101. The summed E-state index contributed by atoms with van der Waals surface area (Å²) in [6.45, 7) is -0.794. The van der Waals surface area contributed by atoms with Gasteiger partial charge in [0.2, 0.25) is 94.5 Å². The molecule has 8 rings (SSSR count). The van der Waals surface area contributed by atoms with Crippen molar-refractivity contribution in [2.24, 2.45) is 22.9 Å². The van der Waals surface area contributed by atoms with Gasteiger partial charge in [0.05, 0.1) is 25.9 Å². The number of primary amides is 2. The standard InChI is InChI=1S/C80H114N24O20S4/c81-67(113)55(41-125)99-73(119)57-19-9-27-101(57)77(123)59-21-11-29-103(59)75(121)53(33-43-37-89-47-15-3-1-13-45(43)47)97-71(117)51(35-65(109)110)95-63(107)39-91-69(115)49(17-5-7-25-87-79(83)84)93-61(105)23-31-127-128-32-24-62(106)94-50(18-6-8-26-88-80(85)86)70(116)92-40-64(108)96-52(36-66(111)112)72(118)98-54(34-44-38-90-48-16-4-2-14-46(44)48)76(122)104-30-12-22-60(104)78(124)102-28-10-20-58(102)74(120)100-56(42-126)68(82)114/h1-4,13-16,37-38,49-60,89-90,125-126H,5-12,17-36,39-42H2,(H2,81,113)(H2,82,114)(H,91,115)(H,92,116)(H,93,105)(H,94,106)(H,95,107)(H,96,108)(H,97,117)(H,98,118)(H,99,119)(H,100,120)(H,109,110)(H,111,112)(H4,83,84,87)(H4,85,86,88)/t49-,50-,51-,52-,53-,54-,55-,56-,57-,58-,59-,60-/m0/s1. The number of amides is 16. The highest BCUT2D eigenvalue weighted by Gasteiger charge is 2.47. The molecule has 16 amide bonds. The van der Waals surface area contributed by atoms with E-state index in [4.69, 9.17) is 33.8 Å². The van der Waals surface area contributed by atoms with Crippen LogP contribution in [0.25, 0.3) is 21.8 Å². The number of likely N-dealkylation sites (tertiary alicyclic amines) is 4. The number of carboxylic acids is 2. The highest BCUT2D eigenvalue weighted by atomic mass is 33.1. The van der Waals surface area contributed by atoms with Gasteiger partial charge in [-0.25, -0.2) is 0 Å². The van der Waals surface area contributed by atoms with Gasteiger partial charge in [-0.05, 0) is 113 Å². The molecule has 698 valence electrons. The summed E-state index contributed by atoms with van der Waals surface area (Å²) >= 11 is 8.20. The Hall–Kier alpha value is -12.1. The van der Waals surface area contributed by atoms with Gasteiger partial charge in [-0.15, -0.1) is 0 Å². The Labute approximate surface area is 754 Å². The van der Waals surface area contributed by atoms with Crippen molar-refractivity contribution in [2.45, 2.75) is 201 Å². The number of unbranched alkanes of at least 4 members (excludes halogenated alkanes) is 2. The minimum absolute atomic E-state index is 0.00546. The lowest BCUT2D eigenvalue weighted by Crippen LogP contribution is -2.59. The monoisotopic (exact) mass is 1860 g/mol. The fourth-order valence-electron chi connectivity index (χ4n) is 15.6. The number of carbonyl (C=O) groups excluding carboxylic acids is 16. The summed E-state index contributed by atoms with van der Waals surface area (Å²) in [5, 5.41) is 66.9. The van der Waals surface area contributed by atoms with Crippen LogP contribution in [0.1, 0.15) is 127 Å². The third-order valence-electron chi connectivity index (χ3n) is 22.0. The Morgan fingerprint density at radius 1 is 0.422 bits per heavy atom. The predicted molar refractivity (Wildman–Crippen MR) is 477 cm³/mol. The number of guanidine groups is 2. The molecule has 4 aliphatic heterocycles. The molecular weight excluding hydrogens is 1750 g/mol. The first-order chi connectivity index (χ1) is 61.2. The number of nitrogens with zero attached hydrogens (tertiary/aromatic N) is 4. The lowest BCUT2D eigenvalue weighted by molar-refractivity contribution is -0.148. The minimum Gasteiger partial charge on any atom is -0.481 e. The average Bonchev–Trinajstić information content (AvgIpc) is 1.63. The summed E-state index contributed by atoms with van der Waals surface area (Å²) in [5.74, 6) is -16.3. The Kier molecular flexibility index (Phi) is 39.9. The number of nitrogens with two attached hydrogens (primary N) is 4. The normalized spacial score (nSPS) is 17.8. The van der Waals surface area contributed by atoms with Gasteiger partial charge in [0.15, 0.2) is 11.9 Å². The van der Waals surface area contributed by atoms with Crippen molar-refractivity contribution in [3.8, 4) is 0 Å². The first-order valence-corrected chi connectivity index (χ1v) is 45.8. The third-order valence-corrected chi connectivity index (χ3v) is 25.2. The molecule has 44 nitrogen and oxygen atoms in total. The Balaban J connectivity index is 0.838. The Bertz CT molecular complexity index is 4430. The molecule has 4 aromatic rings. The molecule has 128 heavy (non-hydrogen) atoms. The largest absolute Gasteiger partial charge is 0.481 e. The lowest BCUT2D eigenvalue weighted by Gasteiger charge is -2.33. The Morgan fingerprint density at radius 2 is 0.773 bits per heavy atom. The molecule has 0 saturated carbocycles. The number of para-hydroxylation sites is 2. The van der Waals surface area contributed by atoms with Crippen LogP contribution in [0.5, 0.6) is 0 Å². The molecule has 4 fully saturated rings. The fraction of sp³-hybridized carbons (Fsp3) is 0.550. The summed E-state index contributed by atoms with van der Waals surface area (Å²) < 4.78 is 0. The summed E-state index contributed by atoms with van der Waals surface area (Å²) in [6.07, 6.45) is 4.30. The van der Waals surface area contributed by atoms with E-state index in [1.165, 1.54) is 41.2 Å². The molecule has 0 bridgehead atoms. The van der Waals surface area contributed by atoms with Gasteiger partial charge in [0.25, 0.3) is 0 Å². The molecular formula is C80H114N24O20S4. The number of aliphatic carboxylic acids is 2. The topological polar surface area (TPSA) is 688 Å². The molecule has 0 spiro atoms. The van der Waals surface area contributed by atoms with Crippen LogP contribution in [0.4, 0.5) is 0 Å². The molecule has 48 heteroatoms. The van der Waals surface area contributed by atoms with E-state index in [-0.39, 0.29) is 151 Å². The van der Waals surface area contributed by atoms with E-state index in [1.54, 1.807) is 60.9 Å². The van der Waals surface area contributed by atoms with Gasteiger partial charge >= 0.3 is 11.9 Å². The maximum atomic E-state index is 14.9. The van der Waals surface area contributed by atoms with Gasteiger partial charge in [0, 0.05) is 122 Å². The molecule has 0 aliphatic carbocycles. The lowest BCUT2D eigenvalue weighted by atomic mass is 10.0. The highest BCUT2D eigenvalue weighted by molar-refractivity contribution is 8.76. The number of hydrogen-bond donors (Lipinski definition) is 24. The zero-order chi connectivity index (χ0) is 93.3. The van der Waals surface area contributed by atoms with Crippen LogP contribution in [0.2, 0.25) is 0 Å². The van der Waals surface area contributed by atoms with E-state index in [0.29, 0.717) is 71.5 Å². The molecule has 6 heterocycles. The summed E-state index contributed by atoms with van der Waals surface area (Å²) in [7, 11) is 2.37. The highest BCUT2D eigenvalue weighted by Crippen LogP contribution is 2.31. The number of carbonyl (C=O) groups is 18. The van der Waals surface area contributed by atoms with Gasteiger partial charge in [-0.3, -0.25) is 97.1 Å². The number of H-pyrrole nitrogens is 2. The molecule has 2 aromatic carbocycles. The van der Waals surface area contributed by atoms with E-state index < -0.39 is 205 Å². The van der Waals surface area contributed by atoms with Crippen LogP contribution in [0.15, 0.2) is 60.9 Å². The van der Waals surface area contributed by atoms with Crippen molar-refractivity contribution in [1.29, 1.82) is 10.8 Å². The van der Waals surface area contributed by atoms with Gasteiger partial charge < -0.3 is 127 Å². The molecule has 0 unspecified atom stereocenters. The molecule has 2 aromatic heterocycles. The van der Waals surface area contributed by atoms with Crippen LogP contribution in [0, 0.1) is 10.8 Å². The number of aromatic nitrogens is 2. The number of benzene rings is 2. The van der Waals surface area contributed by atoms with E-state index in [1.807, 2.05) is 0 Å². The number of nitrogens with one attached hydrogen (secondary N) is 16. The number of aromatic amines is 2. The maximum absolute atomic E-state index is 14.9. The predicted octanol–water partition coefficient (Wildman–Crippen LogP) is -4.24. The van der Waals surface area contributed by atoms with Gasteiger partial charge in [0.1, 0.15) is 72.5 Å². The van der Waals surface area contributed by atoms with E-state index in [2.05, 4.69) is 99.0 Å². The SMILES string of the molecule is N=C(N)NCCCC[C@H](NC(=O)CCSSCCC(=O)N[C@@H](CCCCNC(=N)N)C(=O)NCC(=O)N[C@@H](CC(=O)O)C(=O)N[C@@H](Cc1c[nH]c2ccccc12)C(=O)N1CCC[C@H]1C(=O)N1CCC[C@H]1C(=O)N[C@@H](CS)C(N)=O)C(=O)NCC(=O)N[C@@H](CC(=O)O)C(=O)N[C@@H](Cc1c[nH]c2ccccc12)C(=O)N1CCC[C@H]1C(=O)N1CCC[C@H]1C(=O)N[C@@H](CS)C(N)=O. The van der Waals surface area contributed by atoms with Crippen molar-refractivity contribution in [2.75, 3.05) is 75.4 Å². The number of hydrogen-bond acceptors (Lipinski definition) is 24. The van der Waals surface area contributed by atoms with Crippen LogP contribution >= 0.6 is 46.8 Å². The minimum atomic E-state index is -1.85. The molecule has 12 atom stereocenters. The van der Waals surface area contributed by atoms with Crippen molar-refractivity contribution in [3.63, 3.8) is 0 Å². The number of fused-ring (bicyclic) bond motifs is 2. The molecule has 0 radical (unpaired) electrons. The summed E-state index contributed by atoms with van der Waals surface area (Å²) in [5.41, 5.74) is 24.2. The van der Waals surface area contributed by atoms with E-state index in [9.17, 15) is 96.5 Å². The molecule has 26 N–H and O–H groups in total. The second-order valence-corrected chi connectivity index (χ2v) is 34.7. The van der Waals surface area contributed by atoms with Crippen molar-refractivity contribution >= 4 is 187 Å². The average molecular weight is 1860 g/mol. The maximum Gasteiger partial charge on any atom is 0.305 e. The second kappa shape index (κ2) is 50.5. The molecule has 4 aliphatic rings. The summed E-state index contributed by atoms with van der Waals surface area (Å²) in [6, 6.07) is -1.39. The zero-order valence-electron chi connectivity index (χ0n) is 70.4. The van der Waals surface area contributed by atoms with Crippen LogP contribution < -0.4 is 86.7 Å². The smallest absolute Gasteiger partial charge is 0.305 e. The van der Waals surface area contributed by atoms with Crippen LogP contribution in [-0.4, -0.2) is 306 Å². The van der Waals surface area contributed by atoms with Gasteiger partial charge in [-0.2, -0.15) is 25.3 Å². The summed E-state index contributed by atoms with van der Waals surface area (Å²) in [4.78, 5) is 257. The molecule has 4 saturated heterocycles. The van der Waals surface area contributed by atoms with Crippen molar-refractivity contribution < 1.29 is 96.5 Å². The second-order valence-electron chi connectivity index (χ2n) is 31.2. The third kappa shape index (κ3) is 30.3. The van der Waals surface area contributed by atoms with Crippen LogP contribution in [0.3, 0.4) is 0 Å². The number of rotatable bonds is 51. The van der Waals surface area contributed by atoms with Gasteiger partial charge in [-0.1, -0.05) is 58.0 Å². The first-order valence-electron chi connectivity index (χ1n) is 42.1. The van der Waals surface area contributed by atoms with E-state index in [0.717, 1.165) is 0 Å². The van der Waals surface area contributed by atoms with Crippen molar-refractivity contribution in [1.82, 2.24) is 93.4 Å².